The van der Waals surface area contributed by atoms with Crippen LogP contribution in [0.25, 0.3) is 0 Å². The van der Waals surface area contributed by atoms with Gasteiger partial charge in [0, 0.05) is 6.92 Å². The first-order valence-corrected chi connectivity index (χ1v) is 7.73. The summed E-state index contributed by atoms with van der Waals surface area (Å²) >= 11 is 0. The minimum Gasteiger partial charge on any atom is -0.394 e. The largest absolute Gasteiger partial charge is 0.394 e. The summed E-state index contributed by atoms with van der Waals surface area (Å²) in [5, 5.41) is 34.1. The highest BCUT2D eigenvalue weighted by Gasteiger charge is 2.46. The van der Waals surface area contributed by atoms with Gasteiger partial charge in [0.1, 0.15) is 36.5 Å². The van der Waals surface area contributed by atoms with E-state index in [0.717, 1.165) is 0 Å². The quantitative estimate of drug-likeness (QED) is 0.267. The van der Waals surface area contributed by atoms with Crippen LogP contribution in [0.15, 0.2) is 0 Å². The number of ether oxygens (including phenoxy) is 2. The molecule has 0 aromatic heterocycles. The number of hydrogen-bond acceptors (Lipinski definition) is 8. The van der Waals surface area contributed by atoms with E-state index in [2.05, 4.69) is 10.6 Å². The van der Waals surface area contributed by atoms with Crippen LogP contribution in [0.5, 0.6) is 0 Å². The van der Waals surface area contributed by atoms with Crippen molar-refractivity contribution >= 4 is 17.7 Å². The fourth-order valence-corrected chi connectivity index (χ4v) is 2.33. The molecule has 0 aliphatic carbocycles. The highest BCUT2D eigenvalue weighted by atomic mass is 16.6. The van der Waals surface area contributed by atoms with Crippen LogP contribution in [0.4, 0.5) is 0 Å². The molecule has 7 N–H and O–H groups in total. The lowest BCUT2D eigenvalue weighted by Gasteiger charge is -2.43. The van der Waals surface area contributed by atoms with Gasteiger partial charge in [-0.15, -0.1) is 0 Å². The standard InChI is InChI=1S/C14H25N3O8/c1-5(12(15)21)16-13(22)6(2)24-11-9(17-7(3)19)14(23)25-8(4-18)10(11)20/h5-6,8-11,14,18,20,23H,4H2,1-3H3,(H2,15,21)(H,16,22)(H,17,19)/t5-,6?,8+,9+,10+,11+,14-/m0/s1. The van der Waals surface area contributed by atoms with E-state index in [1.807, 2.05) is 0 Å². The summed E-state index contributed by atoms with van der Waals surface area (Å²) in [6, 6.07) is -2.10. The van der Waals surface area contributed by atoms with Crippen molar-refractivity contribution in [2.45, 2.75) is 63.6 Å². The molecule has 0 spiro atoms. The third-order valence-corrected chi connectivity index (χ3v) is 3.76. The number of aliphatic hydroxyl groups is 3. The Kier molecular flexibility index (Phi) is 7.70. The predicted octanol–water partition coefficient (Wildman–Crippen LogP) is -3.67. The number of primary amides is 1. The zero-order valence-electron chi connectivity index (χ0n) is 14.2. The number of aliphatic hydroxyl groups excluding tert-OH is 3. The number of amides is 3. The fourth-order valence-electron chi connectivity index (χ4n) is 2.33. The maximum atomic E-state index is 12.0. The van der Waals surface area contributed by atoms with E-state index < -0.39 is 67.1 Å². The van der Waals surface area contributed by atoms with Gasteiger partial charge in [-0.3, -0.25) is 14.4 Å². The number of nitrogens with one attached hydrogen (secondary N) is 2. The van der Waals surface area contributed by atoms with E-state index in [1.165, 1.54) is 20.8 Å². The van der Waals surface area contributed by atoms with Crippen molar-refractivity contribution in [2.75, 3.05) is 6.61 Å². The highest BCUT2D eigenvalue weighted by molar-refractivity contribution is 5.88. The SMILES string of the molecule is CC(=O)N[C@@H]1[C@@H](OC(C)C(=O)N[C@@H](C)C(N)=O)[C@H](O)[C@@H](CO)O[C@@H]1O. The summed E-state index contributed by atoms with van der Waals surface area (Å²) in [5.74, 6) is -1.93. The van der Waals surface area contributed by atoms with E-state index in [4.69, 9.17) is 15.2 Å². The van der Waals surface area contributed by atoms with E-state index >= 15 is 0 Å². The average molecular weight is 363 g/mol. The molecular weight excluding hydrogens is 338 g/mol. The van der Waals surface area contributed by atoms with Crippen LogP contribution < -0.4 is 16.4 Å². The zero-order chi connectivity index (χ0) is 19.3. The summed E-state index contributed by atoms with van der Waals surface area (Å²) in [6.07, 6.45) is -6.54. The Morgan fingerprint density at radius 2 is 1.88 bits per heavy atom. The minimum absolute atomic E-state index is 0.518. The van der Waals surface area contributed by atoms with E-state index in [-0.39, 0.29) is 0 Å². The van der Waals surface area contributed by atoms with Gasteiger partial charge in [0.05, 0.1) is 6.61 Å². The Morgan fingerprint density at radius 1 is 1.28 bits per heavy atom. The zero-order valence-corrected chi connectivity index (χ0v) is 14.2. The van der Waals surface area contributed by atoms with Gasteiger partial charge in [-0.05, 0) is 13.8 Å². The lowest BCUT2D eigenvalue weighted by Crippen LogP contribution is -2.65. The molecule has 0 aromatic rings. The summed E-state index contributed by atoms with van der Waals surface area (Å²) < 4.78 is 10.5. The normalized spacial score (nSPS) is 31.7. The van der Waals surface area contributed by atoms with E-state index in [1.54, 1.807) is 0 Å². The first kappa shape index (κ1) is 21.3. The molecule has 0 aromatic carbocycles. The second kappa shape index (κ2) is 9.06. The van der Waals surface area contributed by atoms with Crippen molar-refractivity contribution in [2.24, 2.45) is 5.73 Å². The maximum Gasteiger partial charge on any atom is 0.249 e. The topological polar surface area (TPSA) is 180 Å². The van der Waals surface area contributed by atoms with Gasteiger partial charge in [-0.1, -0.05) is 0 Å². The molecular formula is C14H25N3O8. The molecule has 0 saturated carbocycles. The predicted molar refractivity (Wildman–Crippen MR) is 82.7 cm³/mol. The average Bonchev–Trinajstić information content (AvgIpc) is 2.52. The van der Waals surface area contributed by atoms with Gasteiger partial charge in [0.25, 0.3) is 0 Å². The Hall–Kier alpha value is -1.79. The Labute approximate surface area is 144 Å². The lowest BCUT2D eigenvalue weighted by atomic mass is 9.96. The molecule has 144 valence electrons. The molecule has 1 rings (SSSR count). The number of hydrogen-bond donors (Lipinski definition) is 6. The van der Waals surface area contributed by atoms with Crippen molar-refractivity contribution in [1.82, 2.24) is 10.6 Å². The van der Waals surface area contributed by atoms with E-state index in [0.29, 0.717) is 0 Å². The molecule has 3 amide bonds. The first-order chi connectivity index (χ1) is 11.6. The highest BCUT2D eigenvalue weighted by Crippen LogP contribution is 2.23. The third kappa shape index (κ3) is 5.61. The van der Waals surface area contributed by atoms with E-state index in [9.17, 15) is 29.7 Å². The van der Waals surface area contributed by atoms with Crippen LogP contribution in [0, 0.1) is 0 Å². The number of rotatable bonds is 7. The Bertz CT molecular complexity index is 502. The Balaban J connectivity index is 2.88. The molecule has 0 bridgehead atoms. The van der Waals surface area contributed by atoms with Crippen molar-refractivity contribution < 1.29 is 39.2 Å². The molecule has 0 radical (unpaired) electrons. The number of carbonyl (C=O) groups is 3. The van der Waals surface area contributed by atoms with Gasteiger partial charge < -0.3 is 41.2 Å². The molecule has 11 heteroatoms. The van der Waals surface area contributed by atoms with Crippen LogP contribution in [0.1, 0.15) is 20.8 Å². The summed E-state index contributed by atoms with van der Waals surface area (Å²) in [4.78, 5) is 34.3. The molecule has 7 atom stereocenters. The van der Waals surface area contributed by atoms with Crippen molar-refractivity contribution in [3.05, 3.63) is 0 Å². The van der Waals surface area contributed by atoms with Crippen LogP contribution >= 0.6 is 0 Å². The molecule has 1 heterocycles. The van der Waals surface area contributed by atoms with Crippen molar-refractivity contribution in [3.8, 4) is 0 Å². The summed E-state index contributed by atoms with van der Waals surface area (Å²) in [5.41, 5.74) is 5.06. The summed E-state index contributed by atoms with van der Waals surface area (Å²) in [7, 11) is 0. The smallest absolute Gasteiger partial charge is 0.249 e. The molecule has 1 unspecified atom stereocenters. The number of nitrogens with two attached hydrogens (primary N) is 1. The molecule has 1 fully saturated rings. The van der Waals surface area contributed by atoms with Crippen molar-refractivity contribution in [3.63, 3.8) is 0 Å². The molecule has 1 aliphatic heterocycles. The lowest BCUT2D eigenvalue weighted by molar-refractivity contribution is -0.266. The van der Waals surface area contributed by atoms with Crippen LogP contribution in [0.2, 0.25) is 0 Å². The molecule has 1 saturated heterocycles. The Morgan fingerprint density at radius 3 is 2.36 bits per heavy atom. The van der Waals surface area contributed by atoms with Gasteiger partial charge in [0.2, 0.25) is 17.7 Å². The molecule has 1 aliphatic rings. The van der Waals surface area contributed by atoms with Gasteiger partial charge in [-0.25, -0.2) is 0 Å². The molecule has 25 heavy (non-hydrogen) atoms. The maximum absolute atomic E-state index is 12.0. The van der Waals surface area contributed by atoms with Gasteiger partial charge in [0.15, 0.2) is 6.29 Å². The first-order valence-electron chi connectivity index (χ1n) is 7.73. The van der Waals surface area contributed by atoms with Crippen LogP contribution in [-0.2, 0) is 23.9 Å². The number of carbonyl (C=O) groups excluding carboxylic acids is 3. The summed E-state index contributed by atoms with van der Waals surface area (Å²) in [6.45, 7) is 3.33. The fraction of sp³-hybridized carbons (Fsp3) is 0.786. The van der Waals surface area contributed by atoms with Gasteiger partial charge in [-0.2, -0.15) is 0 Å². The second-order valence-corrected chi connectivity index (χ2v) is 5.84. The van der Waals surface area contributed by atoms with Crippen LogP contribution in [0.3, 0.4) is 0 Å². The van der Waals surface area contributed by atoms with Crippen LogP contribution in [-0.4, -0.2) is 82.4 Å². The third-order valence-electron chi connectivity index (χ3n) is 3.76. The second-order valence-electron chi connectivity index (χ2n) is 5.84. The monoisotopic (exact) mass is 363 g/mol. The molecule has 11 nitrogen and oxygen atoms in total. The minimum atomic E-state index is -1.56. The van der Waals surface area contributed by atoms with Crippen molar-refractivity contribution in [1.29, 1.82) is 0 Å². The van der Waals surface area contributed by atoms with Gasteiger partial charge >= 0.3 is 0 Å².